The van der Waals surface area contributed by atoms with Gasteiger partial charge < -0.3 is 9.42 Å². The Balaban J connectivity index is 1.60. The standard InChI is InChI=1S/C22H18F4N6O2/c1-13(18-8-9-31(2)29-18)20(33)32(17-5-3-4-15(23)10-17)12-16-7-6-14(11-27-16)19-28-21(34-30-19)22(24,25)26/h3-11,13H,12H2,1-2H3. The number of hydrogen-bond acceptors (Lipinski definition) is 6. The van der Waals surface area contributed by atoms with Crippen LogP contribution in [0.5, 0.6) is 0 Å². The Kier molecular flexibility index (Phi) is 6.14. The van der Waals surface area contributed by atoms with Crippen molar-refractivity contribution in [1.82, 2.24) is 24.9 Å². The molecule has 176 valence electrons. The molecule has 0 saturated carbocycles. The van der Waals surface area contributed by atoms with Gasteiger partial charge in [-0.25, -0.2) is 4.39 Å². The van der Waals surface area contributed by atoms with Crippen molar-refractivity contribution < 1.29 is 26.9 Å². The third-order valence-corrected chi connectivity index (χ3v) is 5.01. The molecule has 4 rings (SSSR count). The number of aryl methyl sites for hydroxylation is 1. The molecule has 0 fully saturated rings. The first-order valence-corrected chi connectivity index (χ1v) is 10.0. The number of rotatable bonds is 6. The Morgan fingerprint density at radius 3 is 2.59 bits per heavy atom. The molecule has 1 unspecified atom stereocenters. The highest BCUT2D eigenvalue weighted by Crippen LogP contribution is 2.29. The van der Waals surface area contributed by atoms with Gasteiger partial charge in [0, 0.05) is 30.7 Å². The minimum absolute atomic E-state index is 0.0141. The SMILES string of the molecule is CC(C(=O)N(Cc1ccc(-c2noc(C(F)(F)F)n2)cn1)c1cccc(F)c1)c1ccn(C)n1. The summed E-state index contributed by atoms with van der Waals surface area (Å²) in [7, 11) is 1.73. The monoisotopic (exact) mass is 474 g/mol. The number of benzene rings is 1. The molecule has 12 heteroatoms. The van der Waals surface area contributed by atoms with E-state index < -0.39 is 23.8 Å². The Hall–Kier alpha value is -4.09. The molecule has 1 amide bonds. The summed E-state index contributed by atoms with van der Waals surface area (Å²) >= 11 is 0. The first-order valence-electron chi connectivity index (χ1n) is 10.0. The molecule has 0 aliphatic rings. The molecule has 1 atom stereocenters. The van der Waals surface area contributed by atoms with Crippen LogP contribution in [0, 0.1) is 5.82 Å². The van der Waals surface area contributed by atoms with Crippen LogP contribution in [0.15, 0.2) is 59.4 Å². The zero-order valence-corrected chi connectivity index (χ0v) is 18.0. The number of pyridine rings is 1. The smallest absolute Gasteiger partial charge is 0.329 e. The Morgan fingerprint density at radius 1 is 1.21 bits per heavy atom. The van der Waals surface area contributed by atoms with Crippen molar-refractivity contribution in [3.63, 3.8) is 0 Å². The minimum Gasteiger partial charge on any atom is -0.329 e. The first kappa shape index (κ1) is 23.1. The van der Waals surface area contributed by atoms with E-state index in [-0.39, 0.29) is 23.8 Å². The number of hydrogen-bond donors (Lipinski definition) is 0. The second-order valence-electron chi connectivity index (χ2n) is 7.50. The minimum atomic E-state index is -4.76. The van der Waals surface area contributed by atoms with Crippen molar-refractivity contribution in [3.05, 3.63) is 78.0 Å². The van der Waals surface area contributed by atoms with Gasteiger partial charge >= 0.3 is 12.1 Å². The van der Waals surface area contributed by atoms with E-state index in [0.29, 0.717) is 17.1 Å². The number of aromatic nitrogens is 5. The molecule has 0 radical (unpaired) electrons. The molecular formula is C22H18F4N6O2. The highest BCUT2D eigenvalue weighted by molar-refractivity contribution is 5.97. The van der Waals surface area contributed by atoms with E-state index in [9.17, 15) is 22.4 Å². The van der Waals surface area contributed by atoms with E-state index in [2.05, 4.69) is 24.7 Å². The maximum absolute atomic E-state index is 13.9. The summed E-state index contributed by atoms with van der Waals surface area (Å²) < 4.78 is 57.8. The molecule has 0 saturated heterocycles. The third kappa shape index (κ3) is 4.95. The topological polar surface area (TPSA) is 89.9 Å². The zero-order valence-electron chi connectivity index (χ0n) is 18.0. The molecule has 4 aromatic rings. The molecule has 0 bridgehead atoms. The van der Waals surface area contributed by atoms with Gasteiger partial charge in [-0.3, -0.25) is 14.5 Å². The Morgan fingerprint density at radius 2 is 2.00 bits per heavy atom. The number of amides is 1. The van der Waals surface area contributed by atoms with E-state index >= 15 is 0 Å². The second kappa shape index (κ2) is 9.04. The van der Waals surface area contributed by atoms with Crippen molar-refractivity contribution in [1.29, 1.82) is 0 Å². The number of carbonyl (C=O) groups is 1. The molecule has 0 spiro atoms. The summed E-state index contributed by atoms with van der Waals surface area (Å²) in [4.78, 5) is 22.3. The maximum Gasteiger partial charge on any atom is 0.471 e. The van der Waals surface area contributed by atoms with Gasteiger partial charge in [0.1, 0.15) is 5.82 Å². The van der Waals surface area contributed by atoms with E-state index in [0.717, 1.165) is 0 Å². The highest BCUT2D eigenvalue weighted by atomic mass is 19.4. The maximum atomic E-state index is 13.9. The fraction of sp³-hybridized carbons (Fsp3) is 0.227. The van der Waals surface area contributed by atoms with Crippen LogP contribution in [0.1, 0.15) is 30.1 Å². The lowest BCUT2D eigenvalue weighted by atomic mass is 10.1. The van der Waals surface area contributed by atoms with Crippen LogP contribution in [0.25, 0.3) is 11.4 Å². The Bertz CT molecular complexity index is 1300. The van der Waals surface area contributed by atoms with E-state index in [1.807, 2.05) is 0 Å². The molecule has 3 aromatic heterocycles. The van der Waals surface area contributed by atoms with Crippen LogP contribution in [-0.4, -0.2) is 30.8 Å². The molecule has 0 N–H and O–H groups in total. The van der Waals surface area contributed by atoms with Crippen molar-refractivity contribution >= 4 is 11.6 Å². The lowest BCUT2D eigenvalue weighted by Crippen LogP contribution is -2.34. The van der Waals surface area contributed by atoms with Gasteiger partial charge in [0.15, 0.2) is 0 Å². The lowest BCUT2D eigenvalue weighted by Gasteiger charge is -2.25. The van der Waals surface area contributed by atoms with Crippen molar-refractivity contribution in [2.24, 2.45) is 7.05 Å². The van der Waals surface area contributed by atoms with Crippen molar-refractivity contribution in [2.75, 3.05) is 4.90 Å². The quantitative estimate of drug-likeness (QED) is 0.386. The van der Waals surface area contributed by atoms with Crippen molar-refractivity contribution in [2.45, 2.75) is 25.6 Å². The highest BCUT2D eigenvalue weighted by Gasteiger charge is 2.38. The van der Waals surface area contributed by atoms with Crippen LogP contribution in [0.3, 0.4) is 0 Å². The van der Waals surface area contributed by atoms with Gasteiger partial charge in [-0.15, -0.1) is 0 Å². The number of anilines is 1. The van der Waals surface area contributed by atoms with Gasteiger partial charge in [0.2, 0.25) is 11.7 Å². The zero-order chi connectivity index (χ0) is 24.5. The average molecular weight is 474 g/mol. The summed E-state index contributed by atoms with van der Waals surface area (Å²) in [5.41, 5.74) is 1.49. The number of halogens is 4. The summed E-state index contributed by atoms with van der Waals surface area (Å²) in [6, 6.07) is 10.3. The summed E-state index contributed by atoms with van der Waals surface area (Å²) in [6.07, 6.45) is -1.76. The molecule has 8 nitrogen and oxygen atoms in total. The molecular weight excluding hydrogens is 456 g/mol. The number of nitrogens with zero attached hydrogens (tertiary/aromatic N) is 6. The van der Waals surface area contributed by atoms with Crippen molar-refractivity contribution in [3.8, 4) is 11.4 Å². The average Bonchev–Trinajstić information content (AvgIpc) is 3.46. The number of alkyl halides is 3. The molecule has 0 aliphatic carbocycles. The second-order valence-corrected chi connectivity index (χ2v) is 7.50. The first-order chi connectivity index (χ1) is 16.1. The van der Waals surface area contributed by atoms with Gasteiger partial charge in [-0.1, -0.05) is 11.2 Å². The lowest BCUT2D eigenvalue weighted by molar-refractivity contribution is -0.159. The van der Waals surface area contributed by atoms with Crippen LogP contribution < -0.4 is 4.90 Å². The fourth-order valence-electron chi connectivity index (χ4n) is 3.23. The van der Waals surface area contributed by atoms with E-state index in [1.54, 1.807) is 37.0 Å². The van der Waals surface area contributed by atoms with Gasteiger partial charge in [-0.05, 0) is 43.3 Å². The predicted molar refractivity (Wildman–Crippen MR) is 112 cm³/mol. The van der Waals surface area contributed by atoms with Crippen LogP contribution in [0.2, 0.25) is 0 Å². The van der Waals surface area contributed by atoms with Crippen LogP contribution in [-0.2, 0) is 24.6 Å². The molecule has 1 aromatic carbocycles. The predicted octanol–water partition coefficient (Wildman–Crippen LogP) is 4.36. The Labute approximate surface area is 190 Å². The van der Waals surface area contributed by atoms with E-state index in [1.165, 1.54) is 41.4 Å². The van der Waals surface area contributed by atoms with E-state index in [4.69, 9.17) is 0 Å². The van der Waals surface area contributed by atoms with Crippen LogP contribution >= 0.6 is 0 Å². The summed E-state index contributed by atoms with van der Waals surface area (Å²) in [6.45, 7) is 1.68. The normalized spacial score (nSPS) is 12.5. The van der Waals surface area contributed by atoms with Gasteiger partial charge in [0.05, 0.1) is 23.9 Å². The summed E-state index contributed by atoms with van der Waals surface area (Å²) in [5.74, 6) is -3.19. The van der Waals surface area contributed by atoms with Crippen LogP contribution in [0.4, 0.5) is 23.2 Å². The summed E-state index contributed by atoms with van der Waals surface area (Å²) in [5, 5.41) is 7.60. The third-order valence-electron chi connectivity index (χ3n) is 5.01. The van der Waals surface area contributed by atoms with Gasteiger partial charge in [0.25, 0.3) is 0 Å². The molecule has 3 heterocycles. The molecule has 0 aliphatic heterocycles. The molecule has 34 heavy (non-hydrogen) atoms. The largest absolute Gasteiger partial charge is 0.471 e. The fourth-order valence-corrected chi connectivity index (χ4v) is 3.23. The van der Waals surface area contributed by atoms with Gasteiger partial charge in [-0.2, -0.15) is 23.3 Å². The number of carbonyl (C=O) groups excluding carboxylic acids is 1.